The van der Waals surface area contributed by atoms with E-state index in [1.165, 1.54) is 0 Å². The number of para-hydroxylation sites is 2. The standard InChI is InChI=1S/C16H16N4O/c1-2-20-14-8-4-3-7-13(14)19-15(20)11-18-16(21)12-6-5-9-17-10-12/h3-10H,2,11H2,1H3,(H,18,21). The van der Waals surface area contributed by atoms with E-state index in [1.54, 1.807) is 24.5 Å². The first-order valence-electron chi connectivity index (χ1n) is 6.92. The van der Waals surface area contributed by atoms with Crippen LogP contribution in [0.3, 0.4) is 0 Å². The van der Waals surface area contributed by atoms with Crippen molar-refractivity contribution in [2.24, 2.45) is 0 Å². The van der Waals surface area contributed by atoms with E-state index in [0.717, 1.165) is 23.4 Å². The van der Waals surface area contributed by atoms with Gasteiger partial charge in [-0.1, -0.05) is 12.1 Å². The van der Waals surface area contributed by atoms with E-state index in [0.29, 0.717) is 12.1 Å². The van der Waals surface area contributed by atoms with Gasteiger partial charge in [0.2, 0.25) is 0 Å². The molecule has 0 saturated carbocycles. The lowest BCUT2D eigenvalue weighted by atomic mass is 10.3. The summed E-state index contributed by atoms with van der Waals surface area (Å²) < 4.78 is 2.11. The zero-order valence-corrected chi connectivity index (χ0v) is 11.8. The van der Waals surface area contributed by atoms with E-state index < -0.39 is 0 Å². The van der Waals surface area contributed by atoms with Crippen LogP contribution in [0.4, 0.5) is 0 Å². The second kappa shape index (κ2) is 5.75. The molecule has 0 atom stereocenters. The Balaban J connectivity index is 1.81. The largest absolute Gasteiger partial charge is 0.345 e. The van der Waals surface area contributed by atoms with Crippen LogP contribution in [0, 0.1) is 0 Å². The van der Waals surface area contributed by atoms with Crippen LogP contribution in [0.2, 0.25) is 0 Å². The number of fused-ring (bicyclic) bond motifs is 1. The Morgan fingerprint density at radius 1 is 1.24 bits per heavy atom. The molecule has 0 unspecified atom stereocenters. The maximum Gasteiger partial charge on any atom is 0.253 e. The topological polar surface area (TPSA) is 59.8 Å². The van der Waals surface area contributed by atoms with Crippen LogP contribution >= 0.6 is 0 Å². The molecule has 0 radical (unpaired) electrons. The Bertz CT molecular complexity index is 764. The number of benzene rings is 1. The summed E-state index contributed by atoms with van der Waals surface area (Å²) in [5, 5.41) is 2.89. The lowest BCUT2D eigenvalue weighted by Gasteiger charge is -2.07. The third-order valence-corrected chi connectivity index (χ3v) is 3.38. The molecule has 0 aliphatic heterocycles. The Hall–Kier alpha value is -2.69. The molecule has 3 aromatic rings. The maximum absolute atomic E-state index is 12.0. The molecule has 0 aliphatic rings. The molecule has 0 saturated heterocycles. The molecule has 0 bridgehead atoms. The van der Waals surface area contributed by atoms with Gasteiger partial charge in [-0.25, -0.2) is 4.98 Å². The monoisotopic (exact) mass is 280 g/mol. The lowest BCUT2D eigenvalue weighted by Crippen LogP contribution is -2.24. The molecule has 3 rings (SSSR count). The van der Waals surface area contributed by atoms with Crippen LogP contribution in [-0.2, 0) is 13.1 Å². The fraction of sp³-hybridized carbons (Fsp3) is 0.188. The Morgan fingerprint density at radius 3 is 2.86 bits per heavy atom. The summed E-state index contributed by atoms with van der Waals surface area (Å²) in [7, 11) is 0. The van der Waals surface area contributed by atoms with Crippen molar-refractivity contribution in [1.82, 2.24) is 19.9 Å². The van der Waals surface area contributed by atoms with Crippen molar-refractivity contribution in [3.8, 4) is 0 Å². The van der Waals surface area contributed by atoms with Crippen molar-refractivity contribution in [3.63, 3.8) is 0 Å². The van der Waals surface area contributed by atoms with Gasteiger partial charge in [-0.2, -0.15) is 0 Å². The van der Waals surface area contributed by atoms with E-state index in [-0.39, 0.29) is 5.91 Å². The van der Waals surface area contributed by atoms with Gasteiger partial charge in [-0.3, -0.25) is 9.78 Å². The molecule has 21 heavy (non-hydrogen) atoms. The van der Waals surface area contributed by atoms with Crippen molar-refractivity contribution in [2.45, 2.75) is 20.0 Å². The van der Waals surface area contributed by atoms with Crippen molar-refractivity contribution >= 4 is 16.9 Å². The van der Waals surface area contributed by atoms with Crippen LogP contribution in [0.5, 0.6) is 0 Å². The zero-order chi connectivity index (χ0) is 14.7. The SMILES string of the molecule is CCn1c(CNC(=O)c2cccnc2)nc2ccccc21. The highest BCUT2D eigenvalue weighted by Gasteiger charge is 2.11. The predicted molar refractivity (Wildman–Crippen MR) is 80.8 cm³/mol. The van der Waals surface area contributed by atoms with Crippen molar-refractivity contribution < 1.29 is 4.79 Å². The molecule has 1 N–H and O–H groups in total. The van der Waals surface area contributed by atoms with Crippen LogP contribution in [0.15, 0.2) is 48.8 Å². The number of amides is 1. The molecular formula is C16H16N4O. The van der Waals surface area contributed by atoms with Crippen LogP contribution < -0.4 is 5.32 Å². The van der Waals surface area contributed by atoms with E-state index in [1.807, 2.05) is 24.3 Å². The van der Waals surface area contributed by atoms with Gasteiger partial charge in [0.05, 0.1) is 23.1 Å². The van der Waals surface area contributed by atoms with Crippen LogP contribution in [0.25, 0.3) is 11.0 Å². The number of nitrogens with zero attached hydrogens (tertiary/aromatic N) is 3. The molecule has 2 aromatic heterocycles. The van der Waals surface area contributed by atoms with Crippen LogP contribution in [-0.4, -0.2) is 20.4 Å². The molecule has 0 fully saturated rings. The Labute approximate surface area is 122 Å². The van der Waals surface area contributed by atoms with Gasteiger partial charge in [0.25, 0.3) is 5.91 Å². The predicted octanol–water partition coefficient (Wildman–Crippen LogP) is 2.38. The number of nitrogens with one attached hydrogen (secondary N) is 1. The van der Waals surface area contributed by atoms with Crippen molar-refractivity contribution in [3.05, 3.63) is 60.2 Å². The van der Waals surface area contributed by atoms with Crippen molar-refractivity contribution in [1.29, 1.82) is 0 Å². The average molecular weight is 280 g/mol. The van der Waals surface area contributed by atoms with Gasteiger partial charge >= 0.3 is 0 Å². The second-order valence-corrected chi connectivity index (χ2v) is 4.69. The van der Waals surface area contributed by atoms with Crippen LogP contribution in [0.1, 0.15) is 23.1 Å². The Kier molecular flexibility index (Phi) is 3.64. The fourth-order valence-corrected chi connectivity index (χ4v) is 2.37. The minimum atomic E-state index is -0.141. The lowest BCUT2D eigenvalue weighted by molar-refractivity contribution is 0.0949. The Morgan fingerprint density at radius 2 is 2.10 bits per heavy atom. The number of rotatable bonds is 4. The molecule has 1 aromatic carbocycles. The first-order valence-corrected chi connectivity index (χ1v) is 6.92. The quantitative estimate of drug-likeness (QED) is 0.798. The molecule has 5 nitrogen and oxygen atoms in total. The number of aromatic nitrogens is 3. The van der Waals surface area contributed by atoms with Gasteiger partial charge in [-0.05, 0) is 31.2 Å². The first kappa shape index (κ1) is 13.3. The number of aryl methyl sites for hydroxylation is 1. The summed E-state index contributed by atoms with van der Waals surface area (Å²) in [5.41, 5.74) is 2.59. The molecule has 0 aliphatic carbocycles. The molecule has 0 spiro atoms. The highest BCUT2D eigenvalue weighted by Crippen LogP contribution is 2.15. The van der Waals surface area contributed by atoms with E-state index >= 15 is 0 Å². The molecular weight excluding hydrogens is 264 g/mol. The summed E-state index contributed by atoms with van der Waals surface area (Å²) in [6.07, 6.45) is 3.20. The van der Waals surface area contributed by atoms with Gasteiger partial charge in [0.15, 0.2) is 0 Å². The van der Waals surface area contributed by atoms with Gasteiger partial charge in [-0.15, -0.1) is 0 Å². The molecule has 1 amide bonds. The molecule has 5 heteroatoms. The second-order valence-electron chi connectivity index (χ2n) is 4.69. The third kappa shape index (κ3) is 2.63. The summed E-state index contributed by atoms with van der Waals surface area (Å²) in [5.74, 6) is 0.716. The summed E-state index contributed by atoms with van der Waals surface area (Å²) >= 11 is 0. The normalized spacial score (nSPS) is 10.7. The minimum Gasteiger partial charge on any atom is -0.345 e. The number of imidazole rings is 1. The number of hydrogen-bond donors (Lipinski definition) is 1. The minimum absolute atomic E-state index is 0.141. The summed E-state index contributed by atoms with van der Waals surface area (Å²) in [6.45, 7) is 3.29. The van der Waals surface area contributed by atoms with Gasteiger partial charge in [0.1, 0.15) is 5.82 Å². The number of pyridine rings is 1. The smallest absolute Gasteiger partial charge is 0.253 e. The van der Waals surface area contributed by atoms with Gasteiger partial charge < -0.3 is 9.88 Å². The number of hydrogen-bond acceptors (Lipinski definition) is 3. The highest BCUT2D eigenvalue weighted by atomic mass is 16.1. The number of carbonyl (C=O) groups excluding carboxylic acids is 1. The maximum atomic E-state index is 12.0. The molecule has 106 valence electrons. The summed E-state index contributed by atoms with van der Waals surface area (Å²) in [6, 6.07) is 11.5. The average Bonchev–Trinajstić information content (AvgIpc) is 2.91. The highest BCUT2D eigenvalue weighted by molar-refractivity contribution is 5.93. The van der Waals surface area contributed by atoms with Gasteiger partial charge in [0, 0.05) is 18.9 Å². The fourth-order valence-electron chi connectivity index (χ4n) is 2.37. The first-order chi connectivity index (χ1) is 10.3. The molecule has 2 heterocycles. The summed E-state index contributed by atoms with van der Waals surface area (Å²) in [4.78, 5) is 20.6. The van der Waals surface area contributed by atoms with E-state index in [2.05, 4.69) is 26.8 Å². The van der Waals surface area contributed by atoms with E-state index in [4.69, 9.17) is 0 Å². The van der Waals surface area contributed by atoms with Crippen molar-refractivity contribution in [2.75, 3.05) is 0 Å². The van der Waals surface area contributed by atoms with E-state index in [9.17, 15) is 4.79 Å². The third-order valence-electron chi connectivity index (χ3n) is 3.38. The number of carbonyl (C=O) groups is 1. The zero-order valence-electron chi connectivity index (χ0n) is 11.8.